The Morgan fingerprint density at radius 3 is 2.10 bits per heavy atom. The molecule has 1 fully saturated rings. The molecule has 2 rings (SSSR count). The molecule has 0 saturated heterocycles. The van der Waals surface area contributed by atoms with E-state index in [0.29, 0.717) is 25.7 Å². The van der Waals surface area contributed by atoms with E-state index in [9.17, 15) is 18.4 Å². The van der Waals surface area contributed by atoms with Crippen LogP contribution in [0.1, 0.15) is 36.0 Å². The maximum atomic E-state index is 13.0. The zero-order valence-electron chi connectivity index (χ0n) is 10.9. The van der Waals surface area contributed by atoms with Crippen LogP contribution in [0.3, 0.4) is 0 Å². The van der Waals surface area contributed by atoms with Crippen LogP contribution >= 0.6 is 0 Å². The molecular formula is C14H16F2N2O2. The van der Waals surface area contributed by atoms with Crippen LogP contribution in [0.4, 0.5) is 8.78 Å². The number of carbonyl (C=O) groups is 2. The average molecular weight is 282 g/mol. The lowest BCUT2D eigenvalue weighted by atomic mass is 9.85. The zero-order valence-corrected chi connectivity index (χ0v) is 10.9. The molecule has 1 saturated carbocycles. The van der Waals surface area contributed by atoms with Gasteiger partial charge < -0.3 is 11.1 Å². The van der Waals surface area contributed by atoms with Crippen LogP contribution in [0.5, 0.6) is 0 Å². The lowest BCUT2D eigenvalue weighted by Gasteiger charge is -2.27. The number of amides is 2. The van der Waals surface area contributed by atoms with E-state index in [0.717, 1.165) is 18.2 Å². The SMILES string of the molecule is NC(=O)C1CCC(NC(=O)c2cc(F)cc(F)c2)CC1. The maximum absolute atomic E-state index is 13.0. The van der Waals surface area contributed by atoms with Gasteiger partial charge in [0.25, 0.3) is 5.91 Å². The van der Waals surface area contributed by atoms with Crippen LogP contribution in [-0.2, 0) is 4.79 Å². The van der Waals surface area contributed by atoms with Crippen molar-refractivity contribution in [1.82, 2.24) is 5.32 Å². The summed E-state index contributed by atoms with van der Waals surface area (Å²) >= 11 is 0. The second-order valence-electron chi connectivity index (χ2n) is 5.08. The quantitative estimate of drug-likeness (QED) is 0.886. The Morgan fingerprint density at radius 2 is 1.60 bits per heavy atom. The van der Waals surface area contributed by atoms with Crippen molar-refractivity contribution in [2.45, 2.75) is 31.7 Å². The summed E-state index contributed by atoms with van der Waals surface area (Å²) in [6, 6.07) is 2.61. The molecule has 108 valence electrons. The predicted octanol–water partition coefficient (Wildman–Crippen LogP) is 1.74. The molecule has 0 heterocycles. The summed E-state index contributed by atoms with van der Waals surface area (Å²) in [7, 11) is 0. The topological polar surface area (TPSA) is 72.2 Å². The van der Waals surface area contributed by atoms with Crippen LogP contribution in [0.2, 0.25) is 0 Å². The van der Waals surface area contributed by atoms with Crippen molar-refractivity contribution in [3.8, 4) is 0 Å². The molecule has 1 aliphatic rings. The number of halogens is 2. The number of rotatable bonds is 3. The molecule has 0 aliphatic heterocycles. The first-order valence-corrected chi connectivity index (χ1v) is 6.52. The van der Waals surface area contributed by atoms with Gasteiger partial charge in [0.1, 0.15) is 11.6 Å². The number of hydrogen-bond acceptors (Lipinski definition) is 2. The fourth-order valence-corrected chi connectivity index (χ4v) is 2.48. The van der Waals surface area contributed by atoms with Crippen molar-refractivity contribution in [2.24, 2.45) is 11.7 Å². The molecular weight excluding hydrogens is 266 g/mol. The van der Waals surface area contributed by atoms with Gasteiger partial charge in [-0.1, -0.05) is 0 Å². The highest BCUT2D eigenvalue weighted by Gasteiger charge is 2.25. The lowest BCUT2D eigenvalue weighted by molar-refractivity contribution is -0.122. The normalized spacial score (nSPS) is 22.3. The monoisotopic (exact) mass is 282 g/mol. The Kier molecular flexibility index (Phi) is 4.32. The Bertz CT molecular complexity index is 506. The summed E-state index contributed by atoms with van der Waals surface area (Å²) in [5.74, 6) is -2.54. The smallest absolute Gasteiger partial charge is 0.251 e. The van der Waals surface area contributed by atoms with Gasteiger partial charge in [-0.3, -0.25) is 9.59 Å². The fraction of sp³-hybridized carbons (Fsp3) is 0.429. The van der Waals surface area contributed by atoms with Gasteiger partial charge in [-0.15, -0.1) is 0 Å². The molecule has 20 heavy (non-hydrogen) atoms. The molecule has 4 nitrogen and oxygen atoms in total. The van der Waals surface area contributed by atoms with Crippen molar-refractivity contribution < 1.29 is 18.4 Å². The second-order valence-corrected chi connectivity index (χ2v) is 5.08. The highest BCUT2D eigenvalue weighted by molar-refractivity contribution is 5.94. The lowest BCUT2D eigenvalue weighted by Crippen LogP contribution is -2.39. The summed E-state index contributed by atoms with van der Waals surface area (Å²) in [4.78, 5) is 22.9. The average Bonchev–Trinajstić information content (AvgIpc) is 2.38. The first-order chi connectivity index (χ1) is 9.45. The van der Waals surface area contributed by atoms with Gasteiger partial charge >= 0.3 is 0 Å². The van der Waals surface area contributed by atoms with Gasteiger partial charge in [-0.05, 0) is 37.8 Å². The predicted molar refractivity (Wildman–Crippen MR) is 68.8 cm³/mol. The minimum atomic E-state index is -0.785. The fourth-order valence-electron chi connectivity index (χ4n) is 2.48. The largest absolute Gasteiger partial charge is 0.369 e. The van der Waals surface area contributed by atoms with E-state index in [4.69, 9.17) is 5.73 Å². The second kappa shape index (κ2) is 5.98. The molecule has 0 bridgehead atoms. The van der Waals surface area contributed by atoms with Gasteiger partial charge in [0.2, 0.25) is 5.91 Å². The van der Waals surface area contributed by atoms with E-state index in [2.05, 4.69) is 5.32 Å². The Hall–Kier alpha value is -1.98. The molecule has 0 unspecified atom stereocenters. The minimum Gasteiger partial charge on any atom is -0.369 e. The number of benzene rings is 1. The van der Waals surface area contributed by atoms with Crippen LogP contribution in [-0.4, -0.2) is 17.9 Å². The van der Waals surface area contributed by atoms with E-state index < -0.39 is 17.5 Å². The summed E-state index contributed by atoms with van der Waals surface area (Å²) in [5.41, 5.74) is 5.19. The highest BCUT2D eigenvalue weighted by Crippen LogP contribution is 2.24. The third-order valence-electron chi connectivity index (χ3n) is 3.59. The summed E-state index contributed by atoms with van der Waals surface area (Å²) in [6.07, 6.45) is 2.52. The third-order valence-corrected chi connectivity index (χ3v) is 3.59. The van der Waals surface area contributed by atoms with Crippen molar-refractivity contribution in [3.05, 3.63) is 35.4 Å². The number of primary amides is 1. The van der Waals surface area contributed by atoms with E-state index in [-0.39, 0.29) is 23.4 Å². The van der Waals surface area contributed by atoms with Gasteiger partial charge in [0.05, 0.1) is 0 Å². The first kappa shape index (κ1) is 14.4. The third kappa shape index (κ3) is 3.53. The Labute approximate surface area is 115 Å². The Balaban J connectivity index is 1.94. The van der Waals surface area contributed by atoms with Crippen molar-refractivity contribution >= 4 is 11.8 Å². The number of hydrogen-bond donors (Lipinski definition) is 2. The molecule has 0 atom stereocenters. The standard InChI is InChI=1S/C14H16F2N2O2/c15-10-5-9(6-11(16)7-10)14(20)18-12-3-1-8(2-4-12)13(17)19/h5-8,12H,1-4H2,(H2,17,19)(H,18,20). The first-order valence-electron chi connectivity index (χ1n) is 6.52. The molecule has 2 amide bonds. The van der Waals surface area contributed by atoms with Crippen LogP contribution < -0.4 is 11.1 Å². The maximum Gasteiger partial charge on any atom is 0.251 e. The number of nitrogens with two attached hydrogens (primary N) is 1. The number of carbonyl (C=O) groups excluding carboxylic acids is 2. The van der Waals surface area contributed by atoms with Gasteiger partial charge in [-0.25, -0.2) is 8.78 Å². The molecule has 1 aliphatic carbocycles. The molecule has 1 aromatic carbocycles. The van der Waals surface area contributed by atoms with Crippen LogP contribution in [0.25, 0.3) is 0 Å². The van der Waals surface area contributed by atoms with Crippen LogP contribution in [0.15, 0.2) is 18.2 Å². The molecule has 0 spiro atoms. The molecule has 1 aromatic rings. The van der Waals surface area contributed by atoms with Crippen molar-refractivity contribution in [3.63, 3.8) is 0 Å². The summed E-state index contributed by atoms with van der Waals surface area (Å²) in [6.45, 7) is 0. The molecule has 3 N–H and O–H groups in total. The molecule has 0 radical (unpaired) electrons. The van der Waals surface area contributed by atoms with Crippen molar-refractivity contribution in [2.75, 3.05) is 0 Å². The van der Waals surface area contributed by atoms with Gasteiger partial charge in [0, 0.05) is 23.6 Å². The van der Waals surface area contributed by atoms with Crippen LogP contribution in [0, 0.1) is 17.6 Å². The van der Waals surface area contributed by atoms with Gasteiger partial charge in [-0.2, -0.15) is 0 Å². The number of nitrogens with one attached hydrogen (secondary N) is 1. The van der Waals surface area contributed by atoms with Gasteiger partial charge in [0.15, 0.2) is 0 Å². The zero-order chi connectivity index (χ0) is 14.7. The minimum absolute atomic E-state index is 0.0421. The summed E-state index contributed by atoms with van der Waals surface area (Å²) in [5, 5.41) is 2.72. The van der Waals surface area contributed by atoms with E-state index in [1.165, 1.54) is 0 Å². The molecule has 0 aromatic heterocycles. The van der Waals surface area contributed by atoms with E-state index >= 15 is 0 Å². The van der Waals surface area contributed by atoms with E-state index in [1.807, 2.05) is 0 Å². The summed E-state index contributed by atoms with van der Waals surface area (Å²) < 4.78 is 26.1. The van der Waals surface area contributed by atoms with Crippen molar-refractivity contribution in [1.29, 1.82) is 0 Å². The van der Waals surface area contributed by atoms with E-state index in [1.54, 1.807) is 0 Å². The highest BCUT2D eigenvalue weighted by atomic mass is 19.1. The Morgan fingerprint density at radius 1 is 1.05 bits per heavy atom. The molecule has 6 heteroatoms.